The average molecular weight is 401 g/mol. The van der Waals surface area contributed by atoms with E-state index in [4.69, 9.17) is 10.7 Å². The fourth-order valence-corrected chi connectivity index (χ4v) is 3.28. The molecule has 0 fully saturated rings. The van der Waals surface area contributed by atoms with Gasteiger partial charge in [-0.2, -0.15) is 0 Å². The molecule has 0 radical (unpaired) electrons. The summed E-state index contributed by atoms with van der Waals surface area (Å²) in [6.07, 6.45) is 2.46. The summed E-state index contributed by atoms with van der Waals surface area (Å²) in [6.45, 7) is 3.94. The number of rotatable bonds is 6. The number of hydrogen-bond acceptors (Lipinski definition) is 3. The molecule has 0 aliphatic rings. The zero-order chi connectivity index (χ0) is 16.2. The van der Waals surface area contributed by atoms with Crippen molar-refractivity contribution >= 4 is 41.6 Å². The zero-order valence-corrected chi connectivity index (χ0v) is 14.8. The number of halogens is 3. The van der Waals surface area contributed by atoms with Crippen molar-refractivity contribution in [1.82, 2.24) is 5.32 Å². The van der Waals surface area contributed by atoms with E-state index in [1.54, 1.807) is 0 Å². The molecule has 1 unspecified atom stereocenters. The molecule has 1 aromatic carbocycles. The maximum absolute atomic E-state index is 13.6. The van der Waals surface area contributed by atoms with Gasteiger partial charge in [0.25, 0.3) is 15.0 Å². The van der Waals surface area contributed by atoms with Gasteiger partial charge in [0.1, 0.15) is 10.7 Å². The van der Waals surface area contributed by atoms with Gasteiger partial charge in [0.2, 0.25) is 0 Å². The standard InChI is InChI=1S/C13H16BrClFNO3S/c1-3-5-8(4-2)17-13(18)9-6-12(21(15,19)20)11(16)7-10(9)14/h6-8H,3-5H2,1-2H3,(H,17,18). The molecule has 0 saturated carbocycles. The molecule has 0 heterocycles. The summed E-state index contributed by atoms with van der Waals surface area (Å²) < 4.78 is 36.4. The van der Waals surface area contributed by atoms with Crippen molar-refractivity contribution in [2.45, 2.75) is 44.0 Å². The van der Waals surface area contributed by atoms with Crippen LogP contribution in [0.5, 0.6) is 0 Å². The lowest BCUT2D eigenvalue weighted by Gasteiger charge is -2.17. The fourth-order valence-electron chi connectivity index (χ4n) is 1.88. The van der Waals surface area contributed by atoms with Crippen LogP contribution in [-0.2, 0) is 9.05 Å². The third-order valence-electron chi connectivity index (χ3n) is 2.99. The molecule has 0 spiro atoms. The normalized spacial score (nSPS) is 13.0. The van der Waals surface area contributed by atoms with Crippen molar-refractivity contribution in [3.8, 4) is 0 Å². The highest BCUT2D eigenvalue weighted by Crippen LogP contribution is 2.26. The molecule has 0 bridgehead atoms. The third kappa shape index (κ3) is 4.93. The number of carbonyl (C=O) groups excluding carboxylic acids is 1. The van der Waals surface area contributed by atoms with Crippen molar-refractivity contribution in [3.63, 3.8) is 0 Å². The maximum atomic E-state index is 13.6. The van der Waals surface area contributed by atoms with Crippen LogP contribution in [0.1, 0.15) is 43.5 Å². The van der Waals surface area contributed by atoms with Gasteiger partial charge < -0.3 is 5.32 Å². The Morgan fingerprint density at radius 2 is 2.05 bits per heavy atom. The molecule has 21 heavy (non-hydrogen) atoms. The molecule has 4 nitrogen and oxygen atoms in total. The molecule has 118 valence electrons. The van der Waals surface area contributed by atoms with Crippen molar-refractivity contribution in [3.05, 3.63) is 28.0 Å². The lowest BCUT2D eigenvalue weighted by molar-refractivity contribution is 0.0932. The number of carbonyl (C=O) groups is 1. The zero-order valence-electron chi connectivity index (χ0n) is 11.6. The van der Waals surface area contributed by atoms with E-state index in [0.29, 0.717) is 0 Å². The Labute approximate surface area is 136 Å². The van der Waals surface area contributed by atoms with Gasteiger partial charge in [-0.15, -0.1) is 0 Å². The highest BCUT2D eigenvalue weighted by molar-refractivity contribution is 9.10. The Morgan fingerprint density at radius 1 is 1.43 bits per heavy atom. The van der Waals surface area contributed by atoms with E-state index in [0.717, 1.165) is 31.4 Å². The summed E-state index contributed by atoms with van der Waals surface area (Å²) in [5.41, 5.74) is 0.0326. The Hall–Kier alpha value is -0.660. The predicted molar refractivity (Wildman–Crippen MR) is 83.6 cm³/mol. The minimum atomic E-state index is -4.25. The van der Waals surface area contributed by atoms with E-state index in [2.05, 4.69) is 21.2 Å². The van der Waals surface area contributed by atoms with Crippen LogP contribution in [-0.4, -0.2) is 20.4 Å². The van der Waals surface area contributed by atoms with E-state index in [-0.39, 0.29) is 16.1 Å². The van der Waals surface area contributed by atoms with E-state index in [1.165, 1.54) is 0 Å². The molecule has 0 saturated heterocycles. The molecule has 0 aliphatic heterocycles. The van der Waals surface area contributed by atoms with Crippen molar-refractivity contribution in [2.24, 2.45) is 0 Å². The van der Waals surface area contributed by atoms with E-state index < -0.39 is 25.7 Å². The molecular weight excluding hydrogens is 385 g/mol. The number of amides is 1. The van der Waals surface area contributed by atoms with Crippen LogP contribution in [0.15, 0.2) is 21.5 Å². The minimum Gasteiger partial charge on any atom is -0.349 e. The van der Waals surface area contributed by atoms with E-state index in [1.807, 2.05) is 13.8 Å². The van der Waals surface area contributed by atoms with Gasteiger partial charge in [-0.25, -0.2) is 12.8 Å². The molecule has 1 aromatic rings. The predicted octanol–water partition coefficient (Wildman–Crippen LogP) is 3.82. The highest BCUT2D eigenvalue weighted by Gasteiger charge is 2.22. The van der Waals surface area contributed by atoms with Crippen molar-refractivity contribution in [2.75, 3.05) is 0 Å². The van der Waals surface area contributed by atoms with Crippen LogP contribution in [0, 0.1) is 5.82 Å². The quantitative estimate of drug-likeness (QED) is 0.738. The Kier molecular flexibility index (Phi) is 6.62. The van der Waals surface area contributed by atoms with Crippen molar-refractivity contribution < 1.29 is 17.6 Å². The molecule has 0 aromatic heterocycles. The van der Waals surface area contributed by atoms with Crippen LogP contribution in [0.4, 0.5) is 4.39 Å². The lowest BCUT2D eigenvalue weighted by atomic mass is 10.1. The first-order chi connectivity index (χ1) is 9.70. The Morgan fingerprint density at radius 3 is 2.52 bits per heavy atom. The Balaban J connectivity index is 3.15. The number of benzene rings is 1. The second-order valence-corrected chi connectivity index (χ2v) is 7.96. The fraction of sp³-hybridized carbons (Fsp3) is 0.462. The SMILES string of the molecule is CCCC(CC)NC(=O)c1cc(S(=O)(=O)Cl)c(F)cc1Br. The summed E-state index contributed by atoms with van der Waals surface area (Å²) in [7, 11) is 0.907. The number of nitrogens with one attached hydrogen (secondary N) is 1. The first kappa shape index (κ1) is 18.4. The second kappa shape index (κ2) is 7.56. The van der Waals surface area contributed by atoms with Crippen molar-refractivity contribution in [1.29, 1.82) is 0 Å². The monoisotopic (exact) mass is 399 g/mol. The Bertz CT molecular complexity index is 637. The number of hydrogen-bond donors (Lipinski definition) is 1. The first-order valence-electron chi connectivity index (χ1n) is 6.45. The highest BCUT2D eigenvalue weighted by atomic mass is 79.9. The van der Waals surface area contributed by atoms with Gasteiger partial charge in [-0.05, 0) is 40.9 Å². The molecule has 8 heteroatoms. The van der Waals surface area contributed by atoms with E-state index in [9.17, 15) is 17.6 Å². The second-order valence-electron chi connectivity index (χ2n) is 4.57. The third-order valence-corrected chi connectivity index (χ3v) is 4.99. The molecule has 1 atom stereocenters. The van der Waals surface area contributed by atoms with Crippen LogP contribution >= 0.6 is 26.6 Å². The maximum Gasteiger partial charge on any atom is 0.264 e. The molecular formula is C13H16BrClFNO3S. The van der Waals surface area contributed by atoms with E-state index >= 15 is 0 Å². The molecule has 1 rings (SSSR count). The first-order valence-corrected chi connectivity index (χ1v) is 9.55. The van der Waals surface area contributed by atoms with Gasteiger partial charge in [0.15, 0.2) is 0 Å². The molecule has 1 N–H and O–H groups in total. The smallest absolute Gasteiger partial charge is 0.264 e. The summed E-state index contributed by atoms with van der Waals surface area (Å²) in [5.74, 6) is -1.47. The van der Waals surface area contributed by atoms with Gasteiger partial charge in [0.05, 0.1) is 5.56 Å². The van der Waals surface area contributed by atoms with Crippen LogP contribution in [0.25, 0.3) is 0 Å². The largest absolute Gasteiger partial charge is 0.349 e. The van der Waals surface area contributed by atoms with Crippen LogP contribution in [0.3, 0.4) is 0 Å². The van der Waals surface area contributed by atoms with Crippen LogP contribution in [0.2, 0.25) is 0 Å². The summed E-state index contributed by atoms with van der Waals surface area (Å²) in [4.78, 5) is 11.5. The van der Waals surface area contributed by atoms with Gasteiger partial charge >= 0.3 is 0 Å². The summed E-state index contributed by atoms with van der Waals surface area (Å²) in [5, 5.41) is 2.79. The van der Waals surface area contributed by atoms with Gasteiger partial charge in [-0.3, -0.25) is 4.79 Å². The molecule has 1 amide bonds. The van der Waals surface area contributed by atoms with Gasteiger partial charge in [-0.1, -0.05) is 20.3 Å². The minimum absolute atomic E-state index is 0.0180. The molecule has 0 aliphatic carbocycles. The average Bonchev–Trinajstić information content (AvgIpc) is 2.36. The lowest BCUT2D eigenvalue weighted by Crippen LogP contribution is -2.34. The topological polar surface area (TPSA) is 63.2 Å². The van der Waals surface area contributed by atoms with Crippen LogP contribution < -0.4 is 5.32 Å². The van der Waals surface area contributed by atoms with Gasteiger partial charge in [0, 0.05) is 21.2 Å². The summed E-state index contributed by atoms with van der Waals surface area (Å²) in [6, 6.07) is 1.84. The summed E-state index contributed by atoms with van der Waals surface area (Å²) >= 11 is 3.06.